The quantitative estimate of drug-likeness (QED) is 0.499. The second-order valence-electron chi connectivity index (χ2n) is 2.25. The zero-order valence-corrected chi connectivity index (χ0v) is 6.13. The van der Waals surface area contributed by atoms with E-state index < -0.39 is 0 Å². The zero-order chi connectivity index (χ0) is 7.56. The SMILES string of the molecule is C=CN1CCC(=CC)C1=O. The number of amides is 1. The van der Waals surface area contributed by atoms with Gasteiger partial charge in [0.2, 0.25) is 0 Å². The lowest BCUT2D eigenvalue weighted by molar-refractivity contribution is -0.122. The normalized spacial score (nSPS) is 22.3. The molecule has 0 saturated carbocycles. The molecule has 2 heteroatoms. The Balaban J connectivity index is 2.76. The van der Waals surface area contributed by atoms with E-state index in [1.165, 1.54) is 0 Å². The summed E-state index contributed by atoms with van der Waals surface area (Å²) >= 11 is 0. The number of likely N-dealkylation sites (tertiary alicyclic amines) is 1. The van der Waals surface area contributed by atoms with Crippen molar-refractivity contribution in [1.82, 2.24) is 4.90 Å². The molecule has 1 heterocycles. The van der Waals surface area contributed by atoms with Crippen LogP contribution in [0.5, 0.6) is 0 Å². The molecule has 1 aliphatic rings. The van der Waals surface area contributed by atoms with Gasteiger partial charge in [-0.15, -0.1) is 0 Å². The topological polar surface area (TPSA) is 20.3 Å². The van der Waals surface area contributed by atoms with Crippen molar-refractivity contribution >= 4 is 5.91 Å². The van der Waals surface area contributed by atoms with Gasteiger partial charge in [-0.05, 0) is 19.5 Å². The van der Waals surface area contributed by atoms with Gasteiger partial charge in [0.1, 0.15) is 0 Å². The summed E-state index contributed by atoms with van der Waals surface area (Å²) in [5.41, 5.74) is 0.903. The van der Waals surface area contributed by atoms with E-state index in [1.807, 2.05) is 13.0 Å². The monoisotopic (exact) mass is 137 g/mol. The highest BCUT2D eigenvalue weighted by Gasteiger charge is 2.22. The Labute approximate surface area is 60.8 Å². The summed E-state index contributed by atoms with van der Waals surface area (Å²) in [6.45, 7) is 6.22. The fraction of sp³-hybridized carbons (Fsp3) is 0.375. The first-order valence-electron chi connectivity index (χ1n) is 3.38. The zero-order valence-electron chi connectivity index (χ0n) is 6.13. The highest BCUT2D eigenvalue weighted by Crippen LogP contribution is 2.15. The van der Waals surface area contributed by atoms with E-state index in [-0.39, 0.29) is 5.91 Å². The Morgan fingerprint density at radius 2 is 2.40 bits per heavy atom. The predicted octanol–water partition coefficient (Wildman–Crippen LogP) is 1.31. The molecule has 1 amide bonds. The minimum atomic E-state index is 0.109. The molecule has 0 spiro atoms. The first-order chi connectivity index (χ1) is 4.79. The maximum Gasteiger partial charge on any atom is 0.253 e. The third kappa shape index (κ3) is 0.967. The average molecular weight is 137 g/mol. The Morgan fingerprint density at radius 1 is 1.70 bits per heavy atom. The summed E-state index contributed by atoms with van der Waals surface area (Å²) < 4.78 is 0. The van der Waals surface area contributed by atoms with Gasteiger partial charge in [0, 0.05) is 12.1 Å². The fourth-order valence-corrected chi connectivity index (χ4v) is 1.08. The highest BCUT2D eigenvalue weighted by molar-refractivity contribution is 5.96. The Hall–Kier alpha value is -1.05. The third-order valence-electron chi connectivity index (χ3n) is 1.73. The lowest BCUT2D eigenvalue weighted by Crippen LogP contribution is -2.17. The molecule has 0 N–H and O–H groups in total. The van der Waals surface area contributed by atoms with Crippen LogP contribution < -0.4 is 0 Å². The molecule has 1 rings (SSSR count). The van der Waals surface area contributed by atoms with E-state index in [2.05, 4.69) is 6.58 Å². The van der Waals surface area contributed by atoms with Gasteiger partial charge in [-0.2, -0.15) is 0 Å². The molecule has 0 unspecified atom stereocenters. The van der Waals surface area contributed by atoms with Crippen LogP contribution in [0, 0.1) is 0 Å². The van der Waals surface area contributed by atoms with Gasteiger partial charge in [-0.3, -0.25) is 4.79 Å². The van der Waals surface area contributed by atoms with Crippen molar-refractivity contribution in [2.45, 2.75) is 13.3 Å². The van der Waals surface area contributed by atoms with E-state index in [0.717, 1.165) is 18.5 Å². The van der Waals surface area contributed by atoms with Crippen LogP contribution in [0.4, 0.5) is 0 Å². The van der Waals surface area contributed by atoms with Crippen molar-refractivity contribution in [3.8, 4) is 0 Å². The number of hydrogen-bond acceptors (Lipinski definition) is 1. The van der Waals surface area contributed by atoms with E-state index in [0.29, 0.717) is 0 Å². The van der Waals surface area contributed by atoms with Crippen LogP contribution >= 0.6 is 0 Å². The maximum atomic E-state index is 11.2. The molecule has 0 radical (unpaired) electrons. The molecule has 1 aliphatic heterocycles. The molecular weight excluding hydrogens is 126 g/mol. The molecule has 10 heavy (non-hydrogen) atoms. The van der Waals surface area contributed by atoms with Crippen molar-refractivity contribution in [2.24, 2.45) is 0 Å². The van der Waals surface area contributed by atoms with Gasteiger partial charge in [0.25, 0.3) is 5.91 Å². The fourth-order valence-electron chi connectivity index (χ4n) is 1.08. The van der Waals surface area contributed by atoms with Crippen LogP contribution in [0.2, 0.25) is 0 Å². The van der Waals surface area contributed by atoms with Crippen LogP contribution in [0.1, 0.15) is 13.3 Å². The lowest BCUT2D eigenvalue weighted by Gasteiger charge is -2.05. The van der Waals surface area contributed by atoms with Crippen molar-refractivity contribution in [1.29, 1.82) is 0 Å². The highest BCUT2D eigenvalue weighted by atomic mass is 16.2. The number of allylic oxidation sites excluding steroid dienone is 1. The summed E-state index contributed by atoms with van der Waals surface area (Å²) in [6.07, 6.45) is 4.31. The maximum absolute atomic E-state index is 11.2. The summed E-state index contributed by atoms with van der Waals surface area (Å²) in [5, 5.41) is 0. The molecule has 0 aromatic rings. The molecule has 1 fully saturated rings. The van der Waals surface area contributed by atoms with E-state index in [4.69, 9.17) is 0 Å². The minimum absolute atomic E-state index is 0.109. The van der Waals surface area contributed by atoms with Crippen molar-refractivity contribution in [2.75, 3.05) is 6.54 Å². The molecule has 0 aromatic heterocycles. The smallest absolute Gasteiger partial charge is 0.253 e. The molecule has 0 aliphatic carbocycles. The van der Waals surface area contributed by atoms with Crippen molar-refractivity contribution in [3.63, 3.8) is 0 Å². The van der Waals surface area contributed by atoms with Crippen molar-refractivity contribution in [3.05, 3.63) is 24.4 Å². The van der Waals surface area contributed by atoms with Crippen LogP contribution in [-0.4, -0.2) is 17.4 Å². The van der Waals surface area contributed by atoms with Gasteiger partial charge in [0.05, 0.1) is 0 Å². The van der Waals surface area contributed by atoms with Gasteiger partial charge >= 0.3 is 0 Å². The van der Waals surface area contributed by atoms with E-state index in [1.54, 1.807) is 11.1 Å². The predicted molar refractivity (Wildman–Crippen MR) is 40.3 cm³/mol. The van der Waals surface area contributed by atoms with Crippen molar-refractivity contribution < 1.29 is 4.79 Å². The summed E-state index contributed by atoms with van der Waals surface area (Å²) in [4.78, 5) is 12.8. The largest absolute Gasteiger partial charge is 0.316 e. The summed E-state index contributed by atoms with van der Waals surface area (Å²) in [6, 6.07) is 0. The Bertz CT molecular complexity index is 193. The molecule has 0 aromatic carbocycles. The first kappa shape index (κ1) is 7.06. The number of rotatable bonds is 1. The van der Waals surface area contributed by atoms with Crippen LogP contribution in [0.3, 0.4) is 0 Å². The number of hydrogen-bond donors (Lipinski definition) is 0. The van der Waals surface area contributed by atoms with Gasteiger partial charge < -0.3 is 4.90 Å². The molecule has 2 nitrogen and oxygen atoms in total. The number of nitrogens with zero attached hydrogens (tertiary/aromatic N) is 1. The molecule has 54 valence electrons. The number of carbonyl (C=O) groups excluding carboxylic acids is 1. The summed E-state index contributed by atoms with van der Waals surface area (Å²) in [5.74, 6) is 0.109. The van der Waals surface area contributed by atoms with Gasteiger partial charge in [0.15, 0.2) is 0 Å². The molecular formula is C8H11NO. The minimum Gasteiger partial charge on any atom is -0.316 e. The average Bonchev–Trinajstić information content (AvgIpc) is 2.30. The molecule has 0 bridgehead atoms. The Morgan fingerprint density at radius 3 is 2.70 bits per heavy atom. The second-order valence-corrected chi connectivity index (χ2v) is 2.25. The van der Waals surface area contributed by atoms with Crippen LogP contribution in [-0.2, 0) is 4.79 Å². The molecule has 0 atom stereocenters. The second kappa shape index (κ2) is 2.69. The number of carbonyl (C=O) groups is 1. The van der Waals surface area contributed by atoms with Gasteiger partial charge in [-0.1, -0.05) is 12.7 Å². The summed E-state index contributed by atoms with van der Waals surface area (Å²) in [7, 11) is 0. The molecule has 1 saturated heterocycles. The Kier molecular flexibility index (Phi) is 1.90. The van der Waals surface area contributed by atoms with Crippen LogP contribution in [0.25, 0.3) is 0 Å². The standard InChI is InChI=1S/C8H11NO/c1-3-7-5-6-9(4-2)8(7)10/h3-4H,2,5-6H2,1H3. The van der Waals surface area contributed by atoms with Gasteiger partial charge in [-0.25, -0.2) is 0 Å². The van der Waals surface area contributed by atoms with E-state index in [9.17, 15) is 4.79 Å². The first-order valence-corrected chi connectivity index (χ1v) is 3.38. The lowest BCUT2D eigenvalue weighted by atomic mass is 10.2. The van der Waals surface area contributed by atoms with Crippen LogP contribution in [0.15, 0.2) is 24.4 Å². The third-order valence-corrected chi connectivity index (χ3v) is 1.73. The van der Waals surface area contributed by atoms with E-state index >= 15 is 0 Å².